The van der Waals surface area contributed by atoms with Crippen LogP contribution in [-0.4, -0.2) is 29.7 Å². The standard InChI is InChI=1S/C21H21N3O3S/c1-3-14-11-16-12-17(27-2)9-10-18(16)22-21(14)28-13-19(25)23-24-20(26)15-7-5-4-6-8-15/h4-12H,3,13H2,1-2H3,(H,23,25)(H,24,26). The van der Waals surface area contributed by atoms with Crippen molar-refractivity contribution in [2.45, 2.75) is 18.4 Å². The normalized spacial score (nSPS) is 10.5. The van der Waals surface area contributed by atoms with Crippen LogP contribution in [0.4, 0.5) is 0 Å². The molecule has 0 saturated heterocycles. The van der Waals surface area contributed by atoms with Gasteiger partial charge in [-0.3, -0.25) is 20.4 Å². The number of hydrogen-bond acceptors (Lipinski definition) is 5. The van der Waals surface area contributed by atoms with Crippen LogP contribution in [0.1, 0.15) is 22.8 Å². The van der Waals surface area contributed by atoms with Gasteiger partial charge in [-0.15, -0.1) is 0 Å². The maximum Gasteiger partial charge on any atom is 0.269 e. The molecule has 7 heteroatoms. The number of pyridine rings is 1. The molecule has 0 aliphatic carbocycles. The van der Waals surface area contributed by atoms with Crippen molar-refractivity contribution < 1.29 is 14.3 Å². The van der Waals surface area contributed by atoms with Crippen LogP contribution < -0.4 is 15.6 Å². The van der Waals surface area contributed by atoms with Crippen LogP contribution in [0.15, 0.2) is 59.6 Å². The lowest BCUT2D eigenvalue weighted by molar-refractivity contribution is -0.119. The van der Waals surface area contributed by atoms with Gasteiger partial charge in [-0.1, -0.05) is 36.9 Å². The van der Waals surface area contributed by atoms with E-state index in [0.29, 0.717) is 5.56 Å². The molecule has 0 atom stereocenters. The molecule has 1 heterocycles. The highest BCUT2D eigenvalue weighted by molar-refractivity contribution is 7.99. The average molecular weight is 395 g/mol. The molecule has 0 unspecified atom stereocenters. The molecule has 3 rings (SSSR count). The number of hydrogen-bond donors (Lipinski definition) is 2. The average Bonchev–Trinajstić information content (AvgIpc) is 2.75. The molecule has 0 saturated carbocycles. The first-order valence-electron chi connectivity index (χ1n) is 8.85. The minimum atomic E-state index is -0.356. The summed E-state index contributed by atoms with van der Waals surface area (Å²) in [6.07, 6.45) is 0.800. The minimum Gasteiger partial charge on any atom is -0.497 e. The number of benzene rings is 2. The number of carbonyl (C=O) groups is 2. The van der Waals surface area contributed by atoms with Gasteiger partial charge in [0, 0.05) is 10.9 Å². The van der Waals surface area contributed by atoms with Gasteiger partial charge in [0.1, 0.15) is 10.8 Å². The Bertz CT molecular complexity index is 993. The van der Waals surface area contributed by atoms with Gasteiger partial charge in [0.2, 0.25) is 5.91 Å². The number of nitrogens with zero attached hydrogens (tertiary/aromatic N) is 1. The van der Waals surface area contributed by atoms with E-state index in [-0.39, 0.29) is 17.6 Å². The van der Waals surface area contributed by atoms with E-state index >= 15 is 0 Å². The Morgan fingerprint density at radius 2 is 1.86 bits per heavy atom. The van der Waals surface area contributed by atoms with Gasteiger partial charge in [0.15, 0.2) is 0 Å². The molecule has 0 spiro atoms. The number of amides is 2. The molecular formula is C21H21N3O3S. The number of rotatable bonds is 6. The summed E-state index contributed by atoms with van der Waals surface area (Å²) in [5.74, 6) is 0.278. The van der Waals surface area contributed by atoms with E-state index in [1.54, 1.807) is 31.4 Å². The Balaban J connectivity index is 1.62. The lowest BCUT2D eigenvalue weighted by Crippen LogP contribution is -2.42. The van der Waals surface area contributed by atoms with E-state index in [4.69, 9.17) is 4.74 Å². The van der Waals surface area contributed by atoms with Crippen LogP contribution in [0.3, 0.4) is 0 Å². The Morgan fingerprint density at radius 3 is 2.57 bits per heavy atom. The Kier molecular flexibility index (Phi) is 6.49. The number of carbonyl (C=O) groups excluding carboxylic acids is 2. The fraction of sp³-hybridized carbons (Fsp3) is 0.190. The maximum absolute atomic E-state index is 12.1. The fourth-order valence-electron chi connectivity index (χ4n) is 2.64. The second-order valence-electron chi connectivity index (χ2n) is 6.02. The van der Waals surface area contributed by atoms with Crippen molar-refractivity contribution in [2.24, 2.45) is 0 Å². The molecule has 0 radical (unpaired) electrons. The van der Waals surface area contributed by atoms with E-state index in [1.165, 1.54) is 11.8 Å². The number of fused-ring (bicyclic) bond motifs is 1. The number of ether oxygens (including phenoxy) is 1. The Labute approximate surface area is 167 Å². The Morgan fingerprint density at radius 1 is 1.07 bits per heavy atom. The molecule has 2 aromatic carbocycles. The van der Waals surface area contributed by atoms with Gasteiger partial charge in [0.05, 0.1) is 18.4 Å². The van der Waals surface area contributed by atoms with Crippen molar-refractivity contribution in [3.63, 3.8) is 0 Å². The highest BCUT2D eigenvalue weighted by Crippen LogP contribution is 2.27. The Hall–Kier alpha value is -3.06. The largest absolute Gasteiger partial charge is 0.497 e. The summed E-state index contributed by atoms with van der Waals surface area (Å²) in [7, 11) is 1.63. The second-order valence-corrected chi connectivity index (χ2v) is 6.99. The van der Waals surface area contributed by atoms with Crippen molar-refractivity contribution in [3.05, 3.63) is 65.7 Å². The molecule has 3 aromatic rings. The molecule has 0 aliphatic heterocycles. The number of aromatic nitrogens is 1. The monoisotopic (exact) mass is 395 g/mol. The molecule has 0 fully saturated rings. The van der Waals surface area contributed by atoms with Crippen LogP contribution in [0.2, 0.25) is 0 Å². The number of hydrazine groups is 1. The van der Waals surface area contributed by atoms with Crippen LogP contribution in [-0.2, 0) is 11.2 Å². The summed E-state index contributed by atoms with van der Waals surface area (Å²) in [5, 5.41) is 1.81. The van der Waals surface area contributed by atoms with E-state index in [1.807, 2.05) is 31.2 Å². The first kappa shape index (κ1) is 19.7. The first-order valence-corrected chi connectivity index (χ1v) is 9.84. The smallest absolute Gasteiger partial charge is 0.269 e. The van der Waals surface area contributed by atoms with Crippen molar-refractivity contribution in [1.82, 2.24) is 15.8 Å². The molecule has 0 bridgehead atoms. The zero-order chi connectivity index (χ0) is 19.9. The van der Waals surface area contributed by atoms with E-state index < -0.39 is 0 Å². The third-order valence-corrected chi connectivity index (χ3v) is 5.17. The van der Waals surface area contributed by atoms with Gasteiger partial charge in [-0.25, -0.2) is 4.98 Å². The molecule has 2 amide bonds. The van der Waals surface area contributed by atoms with Gasteiger partial charge < -0.3 is 4.74 Å². The van der Waals surface area contributed by atoms with Gasteiger partial charge >= 0.3 is 0 Å². The molecule has 2 N–H and O–H groups in total. The minimum absolute atomic E-state index is 0.150. The predicted octanol–water partition coefficient (Wildman–Crippen LogP) is 3.36. The van der Waals surface area contributed by atoms with Crippen molar-refractivity contribution >= 4 is 34.5 Å². The molecule has 144 valence electrons. The summed E-state index contributed by atoms with van der Waals surface area (Å²) in [5.41, 5.74) is 7.25. The summed E-state index contributed by atoms with van der Waals surface area (Å²) >= 11 is 1.35. The second kappa shape index (κ2) is 9.23. The topological polar surface area (TPSA) is 80.3 Å². The highest BCUT2D eigenvalue weighted by Gasteiger charge is 2.11. The van der Waals surface area contributed by atoms with Crippen molar-refractivity contribution in [2.75, 3.05) is 12.9 Å². The van der Waals surface area contributed by atoms with E-state index in [0.717, 1.165) is 33.7 Å². The number of thioether (sulfide) groups is 1. The van der Waals surface area contributed by atoms with E-state index in [2.05, 4.69) is 21.9 Å². The number of aryl methyl sites for hydroxylation is 1. The first-order chi connectivity index (χ1) is 13.6. The van der Waals surface area contributed by atoms with Gasteiger partial charge in [0.25, 0.3) is 5.91 Å². The van der Waals surface area contributed by atoms with Crippen LogP contribution >= 0.6 is 11.8 Å². The number of nitrogens with one attached hydrogen (secondary N) is 2. The molecule has 0 aliphatic rings. The van der Waals surface area contributed by atoms with Crippen LogP contribution in [0, 0.1) is 0 Å². The highest BCUT2D eigenvalue weighted by atomic mass is 32.2. The van der Waals surface area contributed by atoms with Crippen molar-refractivity contribution in [1.29, 1.82) is 0 Å². The fourth-order valence-corrected chi connectivity index (χ4v) is 3.54. The summed E-state index contributed by atoms with van der Waals surface area (Å²) in [4.78, 5) is 28.8. The molecule has 1 aromatic heterocycles. The lowest BCUT2D eigenvalue weighted by atomic mass is 10.1. The third kappa shape index (κ3) is 4.80. The third-order valence-electron chi connectivity index (χ3n) is 4.13. The quantitative estimate of drug-likeness (QED) is 0.494. The summed E-state index contributed by atoms with van der Waals surface area (Å²) in [6.45, 7) is 2.05. The predicted molar refractivity (Wildman–Crippen MR) is 110 cm³/mol. The SMILES string of the molecule is CCc1cc2cc(OC)ccc2nc1SCC(=O)NNC(=O)c1ccccc1. The van der Waals surface area contributed by atoms with Crippen molar-refractivity contribution in [3.8, 4) is 5.75 Å². The zero-order valence-corrected chi connectivity index (χ0v) is 16.5. The summed E-state index contributed by atoms with van der Waals surface area (Å²) < 4.78 is 5.26. The molecule has 28 heavy (non-hydrogen) atoms. The molecule has 6 nitrogen and oxygen atoms in total. The van der Waals surface area contributed by atoms with Gasteiger partial charge in [-0.05, 0) is 48.4 Å². The van der Waals surface area contributed by atoms with Crippen LogP contribution in [0.25, 0.3) is 10.9 Å². The number of methoxy groups -OCH3 is 1. The summed E-state index contributed by atoms with van der Waals surface area (Å²) in [6, 6.07) is 16.5. The maximum atomic E-state index is 12.1. The lowest BCUT2D eigenvalue weighted by Gasteiger charge is -2.10. The van der Waals surface area contributed by atoms with E-state index in [9.17, 15) is 9.59 Å². The van der Waals surface area contributed by atoms with Crippen LogP contribution in [0.5, 0.6) is 5.75 Å². The molecular weight excluding hydrogens is 374 g/mol. The zero-order valence-electron chi connectivity index (χ0n) is 15.7. The van der Waals surface area contributed by atoms with Gasteiger partial charge in [-0.2, -0.15) is 0 Å².